The van der Waals surface area contributed by atoms with E-state index in [0.29, 0.717) is 0 Å². The van der Waals surface area contributed by atoms with Crippen molar-refractivity contribution in [1.29, 1.82) is 0 Å². The maximum atomic E-state index is 11.2. The van der Waals surface area contributed by atoms with E-state index in [9.17, 15) is 4.79 Å². The second-order valence-electron chi connectivity index (χ2n) is 4.53. The number of rotatable bonds is 6. The minimum absolute atomic E-state index is 0.0385. The highest BCUT2D eigenvalue weighted by atomic mass is 16.5. The Kier molecular flexibility index (Phi) is 7.61. The minimum Gasteiger partial charge on any atom is -0.469 e. The van der Waals surface area contributed by atoms with Crippen LogP contribution in [0.25, 0.3) is 0 Å². The van der Waals surface area contributed by atoms with Gasteiger partial charge in [-0.1, -0.05) is 30.2 Å². The van der Waals surface area contributed by atoms with Crippen LogP contribution in [0.2, 0.25) is 0 Å². The number of allylic oxidation sites excluding steroid dienone is 4. The quantitative estimate of drug-likeness (QED) is 0.505. The molecule has 0 amide bonds. The zero-order valence-corrected chi connectivity index (χ0v) is 11.2. The molecule has 0 bridgehead atoms. The summed E-state index contributed by atoms with van der Waals surface area (Å²) in [5.41, 5.74) is 2.70. The Morgan fingerprint density at radius 3 is 2.38 bits per heavy atom. The lowest BCUT2D eigenvalue weighted by atomic mass is 10.0. The normalized spacial score (nSPS) is 13.2. The maximum Gasteiger partial charge on any atom is 0.308 e. The largest absolute Gasteiger partial charge is 0.469 e. The van der Waals surface area contributed by atoms with Gasteiger partial charge in [0, 0.05) is 0 Å². The summed E-state index contributed by atoms with van der Waals surface area (Å²) in [5.74, 6) is -0.170. The van der Waals surface area contributed by atoms with Crippen LogP contribution in [0.3, 0.4) is 0 Å². The molecular formula is C14H24O2. The molecule has 0 aliphatic rings. The molecule has 0 aliphatic heterocycles. The third kappa shape index (κ3) is 7.27. The minimum atomic E-state index is -0.131. The maximum absolute atomic E-state index is 11.2. The standard InChI is InChI=1S/C14H24O2/c1-11(2)7-6-8-12(3)9-10-13(4)14(15)16-5/h7,9,13H,6,8,10H2,1-5H3. The zero-order valence-electron chi connectivity index (χ0n) is 11.2. The molecular weight excluding hydrogens is 200 g/mol. The number of carbonyl (C=O) groups excluding carboxylic acids is 1. The van der Waals surface area contributed by atoms with Crippen LogP contribution in [0.1, 0.15) is 47.0 Å². The van der Waals surface area contributed by atoms with Crippen LogP contribution < -0.4 is 0 Å². The second-order valence-corrected chi connectivity index (χ2v) is 4.53. The van der Waals surface area contributed by atoms with Crippen molar-refractivity contribution in [2.75, 3.05) is 7.11 Å². The number of hydrogen-bond donors (Lipinski definition) is 0. The molecule has 0 rings (SSSR count). The molecule has 1 atom stereocenters. The van der Waals surface area contributed by atoms with Gasteiger partial charge in [0.25, 0.3) is 0 Å². The molecule has 0 aromatic rings. The molecule has 2 nitrogen and oxygen atoms in total. The van der Waals surface area contributed by atoms with Crippen LogP contribution in [-0.4, -0.2) is 13.1 Å². The van der Waals surface area contributed by atoms with E-state index in [-0.39, 0.29) is 11.9 Å². The van der Waals surface area contributed by atoms with E-state index < -0.39 is 0 Å². The molecule has 1 unspecified atom stereocenters. The van der Waals surface area contributed by atoms with E-state index in [2.05, 4.69) is 37.7 Å². The smallest absolute Gasteiger partial charge is 0.308 e. The van der Waals surface area contributed by atoms with E-state index in [1.165, 1.54) is 18.3 Å². The Bertz CT molecular complexity index is 270. The van der Waals surface area contributed by atoms with Gasteiger partial charge in [-0.15, -0.1) is 0 Å². The Labute approximate surface area is 99.4 Å². The third-order valence-electron chi connectivity index (χ3n) is 2.51. The first-order valence-electron chi connectivity index (χ1n) is 5.84. The summed E-state index contributed by atoms with van der Waals surface area (Å²) in [7, 11) is 1.43. The van der Waals surface area contributed by atoms with E-state index in [1.807, 2.05) is 6.92 Å². The summed E-state index contributed by atoms with van der Waals surface area (Å²) < 4.78 is 4.68. The molecule has 0 aliphatic carbocycles. The van der Waals surface area contributed by atoms with Crippen molar-refractivity contribution in [2.45, 2.75) is 47.0 Å². The summed E-state index contributed by atoms with van der Waals surface area (Å²) in [6.45, 7) is 8.23. The van der Waals surface area contributed by atoms with E-state index in [1.54, 1.807) is 0 Å². The average molecular weight is 224 g/mol. The predicted octanol–water partition coefficient (Wildman–Crippen LogP) is 3.88. The first-order chi connectivity index (χ1) is 7.47. The number of hydrogen-bond acceptors (Lipinski definition) is 2. The molecule has 0 spiro atoms. The zero-order chi connectivity index (χ0) is 12.6. The van der Waals surface area contributed by atoms with Gasteiger partial charge in [-0.3, -0.25) is 4.79 Å². The van der Waals surface area contributed by atoms with Gasteiger partial charge >= 0.3 is 5.97 Å². The van der Waals surface area contributed by atoms with Crippen molar-refractivity contribution in [2.24, 2.45) is 5.92 Å². The van der Waals surface area contributed by atoms with Crippen LogP contribution in [-0.2, 0) is 9.53 Å². The topological polar surface area (TPSA) is 26.3 Å². The van der Waals surface area contributed by atoms with E-state index in [0.717, 1.165) is 19.3 Å². The first kappa shape index (κ1) is 14.9. The molecule has 0 saturated heterocycles. The summed E-state index contributed by atoms with van der Waals surface area (Å²) in [5, 5.41) is 0. The van der Waals surface area contributed by atoms with E-state index >= 15 is 0 Å². The van der Waals surface area contributed by atoms with Crippen LogP contribution in [0.5, 0.6) is 0 Å². The number of methoxy groups -OCH3 is 1. The van der Waals surface area contributed by atoms with Gasteiger partial charge in [0.15, 0.2) is 0 Å². The van der Waals surface area contributed by atoms with Crippen LogP contribution in [0, 0.1) is 5.92 Å². The van der Waals surface area contributed by atoms with Gasteiger partial charge in [0.05, 0.1) is 13.0 Å². The first-order valence-corrected chi connectivity index (χ1v) is 5.84. The van der Waals surface area contributed by atoms with Gasteiger partial charge in [-0.05, 0) is 40.0 Å². The third-order valence-corrected chi connectivity index (χ3v) is 2.51. The highest BCUT2D eigenvalue weighted by Crippen LogP contribution is 2.11. The second kappa shape index (κ2) is 8.14. The molecule has 0 saturated carbocycles. The summed E-state index contributed by atoms with van der Waals surface area (Å²) in [4.78, 5) is 11.2. The van der Waals surface area contributed by atoms with Gasteiger partial charge < -0.3 is 4.74 Å². The fourth-order valence-corrected chi connectivity index (χ4v) is 1.37. The Morgan fingerprint density at radius 1 is 1.25 bits per heavy atom. The lowest BCUT2D eigenvalue weighted by Gasteiger charge is -2.06. The number of carbonyl (C=O) groups is 1. The van der Waals surface area contributed by atoms with E-state index in [4.69, 9.17) is 0 Å². The summed E-state index contributed by atoms with van der Waals surface area (Å²) in [6.07, 6.45) is 7.30. The number of esters is 1. The van der Waals surface area contributed by atoms with Crippen molar-refractivity contribution < 1.29 is 9.53 Å². The summed E-state index contributed by atoms with van der Waals surface area (Å²) in [6, 6.07) is 0. The molecule has 92 valence electrons. The highest BCUT2D eigenvalue weighted by Gasteiger charge is 2.10. The van der Waals surface area contributed by atoms with Gasteiger partial charge in [-0.25, -0.2) is 0 Å². The molecule has 2 heteroatoms. The fraction of sp³-hybridized carbons (Fsp3) is 0.643. The molecule has 0 heterocycles. The van der Waals surface area contributed by atoms with Gasteiger partial charge in [0.2, 0.25) is 0 Å². The molecule has 16 heavy (non-hydrogen) atoms. The van der Waals surface area contributed by atoms with Crippen molar-refractivity contribution in [1.82, 2.24) is 0 Å². The van der Waals surface area contributed by atoms with Crippen molar-refractivity contribution in [3.63, 3.8) is 0 Å². The van der Waals surface area contributed by atoms with Crippen molar-refractivity contribution in [3.8, 4) is 0 Å². The monoisotopic (exact) mass is 224 g/mol. The Balaban J connectivity index is 3.95. The predicted molar refractivity (Wildman–Crippen MR) is 68.2 cm³/mol. The Morgan fingerprint density at radius 2 is 1.88 bits per heavy atom. The molecule has 0 aromatic carbocycles. The average Bonchev–Trinajstić information content (AvgIpc) is 2.24. The SMILES string of the molecule is COC(=O)C(C)CC=C(C)CCC=C(C)C. The lowest BCUT2D eigenvalue weighted by Crippen LogP contribution is -2.11. The fourth-order valence-electron chi connectivity index (χ4n) is 1.37. The van der Waals surface area contributed by atoms with Gasteiger partial charge in [-0.2, -0.15) is 0 Å². The van der Waals surface area contributed by atoms with Crippen molar-refractivity contribution >= 4 is 5.97 Å². The Hall–Kier alpha value is -1.05. The van der Waals surface area contributed by atoms with Crippen LogP contribution in [0.15, 0.2) is 23.3 Å². The summed E-state index contributed by atoms with van der Waals surface area (Å²) >= 11 is 0. The lowest BCUT2D eigenvalue weighted by molar-refractivity contribution is -0.144. The molecule has 0 radical (unpaired) electrons. The molecule has 0 fully saturated rings. The number of ether oxygens (including phenoxy) is 1. The highest BCUT2D eigenvalue weighted by molar-refractivity contribution is 5.71. The van der Waals surface area contributed by atoms with Crippen molar-refractivity contribution in [3.05, 3.63) is 23.3 Å². The van der Waals surface area contributed by atoms with Crippen LogP contribution >= 0.6 is 0 Å². The van der Waals surface area contributed by atoms with Gasteiger partial charge in [0.1, 0.15) is 0 Å². The molecule has 0 aromatic heterocycles. The molecule has 0 N–H and O–H groups in total. The van der Waals surface area contributed by atoms with Crippen LogP contribution in [0.4, 0.5) is 0 Å².